The van der Waals surface area contributed by atoms with Gasteiger partial charge in [-0.1, -0.05) is 96.7 Å². The highest BCUT2D eigenvalue weighted by Gasteiger charge is 2.24. The van der Waals surface area contributed by atoms with Gasteiger partial charge in [0.05, 0.1) is 22.2 Å². The highest BCUT2D eigenvalue weighted by molar-refractivity contribution is 7.99. The molecule has 0 aliphatic carbocycles. The fourth-order valence-electron chi connectivity index (χ4n) is 6.09. The van der Waals surface area contributed by atoms with Crippen LogP contribution in [0.3, 0.4) is 0 Å². The zero-order chi connectivity index (χ0) is 26.2. The topological polar surface area (TPSA) is 43.6 Å². The molecule has 0 N–H and O–H groups in total. The predicted molar refractivity (Wildman–Crippen MR) is 164 cm³/mol. The van der Waals surface area contributed by atoms with Crippen molar-refractivity contribution in [3.8, 4) is 28.3 Å². The zero-order valence-electron chi connectivity index (χ0n) is 21.2. The van der Waals surface area contributed by atoms with Gasteiger partial charge in [-0.05, 0) is 46.8 Å². The third-order valence-corrected chi connectivity index (χ3v) is 8.93. The normalized spacial score (nSPS) is 12.4. The first-order valence-corrected chi connectivity index (χ1v) is 14.1. The van der Waals surface area contributed by atoms with E-state index in [1.54, 1.807) is 11.8 Å². The number of nitrogens with zero attached hydrogens (tertiary/aromatic N) is 4. The quantitative estimate of drug-likeness (QED) is 0.224. The second-order valence-corrected chi connectivity index (χ2v) is 11.1. The van der Waals surface area contributed by atoms with Crippen LogP contribution in [0.1, 0.15) is 0 Å². The van der Waals surface area contributed by atoms with E-state index in [1.807, 2.05) is 24.4 Å². The molecule has 5 aromatic carbocycles. The lowest BCUT2D eigenvalue weighted by Crippen LogP contribution is -2.03. The maximum absolute atomic E-state index is 5.23. The SMILES string of the molecule is c1ccc(-c2nc(-n3c4ccccc4c4cc5c(cc43)Sc3nccc4cccc-5c34)nc3ccccc23)cc1. The highest BCUT2D eigenvalue weighted by atomic mass is 32.2. The Balaban J connectivity index is 1.38. The molecule has 0 bridgehead atoms. The first kappa shape index (κ1) is 21.9. The van der Waals surface area contributed by atoms with Crippen molar-refractivity contribution in [1.82, 2.24) is 19.5 Å². The number of rotatable bonds is 2. The average molecular weight is 529 g/mol. The molecule has 0 atom stereocenters. The smallest absolute Gasteiger partial charge is 0.235 e. The molecule has 0 saturated heterocycles. The molecular formula is C35H20N4S. The van der Waals surface area contributed by atoms with Crippen molar-refractivity contribution in [2.75, 3.05) is 0 Å². The molecule has 0 spiro atoms. The largest absolute Gasteiger partial charge is 0.278 e. The number of fused-ring (bicyclic) bond motifs is 6. The summed E-state index contributed by atoms with van der Waals surface area (Å²) in [5, 5.41) is 6.93. The maximum atomic E-state index is 5.23. The monoisotopic (exact) mass is 528 g/mol. The lowest BCUT2D eigenvalue weighted by molar-refractivity contribution is 1.01. The van der Waals surface area contributed by atoms with Gasteiger partial charge in [-0.3, -0.25) is 4.57 Å². The van der Waals surface area contributed by atoms with E-state index in [0.717, 1.165) is 38.2 Å². The lowest BCUT2D eigenvalue weighted by Gasteiger charge is -2.20. The number of hydrogen-bond acceptors (Lipinski definition) is 4. The van der Waals surface area contributed by atoms with Crippen molar-refractivity contribution in [3.63, 3.8) is 0 Å². The fraction of sp³-hybridized carbons (Fsp3) is 0. The maximum Gasteiger partial charge on any atom is 0.235 e. The van der Waals surface area contributed by atoms with E-state index in [0.29, 0.717) is 5.95 Å². The zero-order valence-corrected chi connectivity index (χ0v) is 22.1. The van der Waals surface area contributed by atoms with Gasteiger partial charge in [-0.2, -0.15) is 0 Å². The van der Waals surface area contributed by atoms with Crippen LogP contribution in [0.2, 0.25) is 0 Å². The molecule has 3 aromatic heterocycles. The highest BCUT2D eigenvalue weighted by Crippen LogP contribution is 2.49. The summed E-state index contributed by atoms with van der Waals surface area (Å²) in [4.78, 5) is 16.3. The van der Waals surface area contributed by atoms with E-state index in [1.165, 1.54) is 37.6 Å². The summed E-state index contributed by atoms with van der Waals surface area (Å²) < 4.78 is 2.22. The Labute approximate surface area is 234 Å². The summed E-state index contributed by atoms with van der Waals surface area (Å²) >= 11 is 1.74. The molecule has 0 radical (unpaired) electrons. The van der Waals surface area contributed by atoms with Crippen molar-refractivity contribution in [1.29, 1.82) is 0 Å². The first-order valence-electron chi connectivity index (χ1n) is 13.3. The van der Waals surface area contributed by atoms with Gasteiger partial charge in [0.2, 0.25) is 5.95 Å². The van der Waals surface area contributed by atoms with E-state index in [9.17, 15) is 0 Å². The Hall–Kier alpha value is -5.00. The van der Waals surface area contributed by atoms with Gasteiger partial charge in [-0.15, -0.1) is 0 Å². The summed E-state index contributed by atoms with van der Waals surface area (Å²) in [6.07, 6.45) is 1.91. The minimum absolute atomic E-state index is 0.671. The molecule has 186 valence electrons. The van der Waals surface area contributed by atoms with Crippen molar-refractivity contribution < 1.29 is 0 Å². The number of aromatic nitrogens is 4. The van der Waals surface area contributed by atoms with Crippen LogP contribution < -0.4 is 0 Å². The Morgan fingerprint density at radius 3 is 2.35 bits per heavy atom. The summed E-state index contributed by atoms with van der Waals surface area (Å²) in [7, 11) is 0. The minimum Gasteiger partial charge on any atom is -0.278 e. The molecule has 0 saturated carbocycles. The Kier molecular flexibility index (Phi) is 4.51. The minimum atomic E-state index is 0.671. The second-order valence-electron chi connectivity index (χ2n) is 10.1. The van der Waals surface area contributed by atoms with E-state index in [4.69, 9.17) is 15.0 Å². The number of pyridine rings is 1. The Morgan fingerprint density at radius 2 is 1.43 bits per heavy atom. The van der Waals surface area contributed by atoms with Gasteiger partial charge in [0.1, 0.15) is 5.03 Å². The summed E-state index contributed by atoms with van der Waals surface area (Å²) in [5.74, 6) is 0.671. The van der Waals surface area contributed by atoms with Crippen LogP contribution in [-0.2, 0) is 0 Å². The number of benzene rings is 5. The van der Waals surface area contributed by atoms with Crippen LogP contribution in [0.5, 0.6) is 0 Å². The van der Waals surface area contributed by atoms with E-state index >= 15 is 0 Å². The fourth-order valence-corrected chi connectivity index (χ4v) is 7.19. The van der Waals surface area contributed by atoms with E-state index < -0.39 is 0 Å². The number of para-hydroxylation sites is 2. The third-order valence-electron chi connectivity index (χ3n) is 7.87. The van der Waals surface area contributed by atoms with Crippen LogP contribution in [0.4, 0.5) is 0 Å². The Morgan fingerprint density at radius 1 is 0.600 bits per heavy atom. The molecule has 0 amide bonds. The number of hydrogen-bond donors (Lipinski definition) is 0. The first-order chi connectivity index (χ1) is 19.8. The van der Waals surface area contributed by atoms with Gasteiger partial charge in [0.25, 0.3) is 0 Å². The molecule has 4 nitrogen and oxygen atoms in total. The summed E-state index contributed by atoms with van der Waals surface area (Å²) in [5.41, 5.74) is 7.60. The average Bonchev–Trinajstić information content (AvgIpc) is 3.33. The van der Waals surface area contributed by atoms with Crippen LogP contribution in [0.15, 0.2) is 131 Å². The molecule has 0 fully saturated rings. The van der Waals surface area contributed by atoms with Gasteiger partial charge in [-0.25, -0.2) is 15.0 Å². The van der Waals surface area contributed by atoms with Crippen molar-refractivity contribution in [2.45, 2.75) is 9.92 Å². The molecule has 40 heavy (non-hydrogen) atoms. The van der Waals surface area contributed by atoms with Gasteiger partial charge < -0.3 is 0 Å². The molecule has 1 aliphatic heterocycles. The molecule has 9 rings (SSSR count). The van der Waals surface area contributed by atoms with Crippen LogP contribution >= 0.6 is 11.8 Å². The van der Waals surface area contributed by atoms with Crippen LogP contribution in [-0.4, -0.2) is 19.5 Å². The van der Waals surface area contributed by atoms with Crippen molar-refractivity contribution in [3.05, 3.63) is 121 Å². The standard InChI is InChI=1S/C35H20N4S/c1-2-9-22(10-3-1)33-25-13-4-6-15-28(25)37-35(38-33)39-29-16-7-5-12-23(29)26-19-27-24-14-8-11-21-17-18-36-34(32(21)24)40-31(27)20-30(26)39/h1-20H. The molecule has 0 unspecified atom stereocenters. The van der Waals surface area contributed by atoms with Crippen molar-refractivity contribution in [2.24, 2.45) is 0 Å². The van der Waals surface area contributed by atoms with E-state index in [2.05, 4.69) is 102 Å². The molecule has 5 heteroatoms. The molecule has 8 aromatic rings. The van der Waals surface area contributed by atoms with Gasteiger partial charge in [0, 0.05) is 38.2 Å². The molecule has 4 heterocycles. The van der Waals surface area contributed by atoms with Crippen molar-refractivity contribution >= 4 is 55.2 Å². The second kappa shape index (κ2) is 8.25. The predicted octanol–water partition coefficient (Wildman–Crippen LogP) is 9.07. The Bertz CT molecular complexity index is 2300. The molecular weight excluding hydrogens is 508 g/mol. The van der Waals surface area contributed by atoms with Crippen LogP contribution in [0, 0.1) is 0 Å². The summed E-state index contributed by atoms with van der Waals surface area (Å²) in [6, 6.07) is 40.5. The summed E-state index contributed by atoms with van der Waals surface area (Å²) in [6.45, 7) is 0. The van der Waals surface area contributed by atoms with E-state index in [-0.39, 0.29) is 0 Å². The van der Waals surface area contributed by atoms with Gasteiger partial charge in [0.15, 0.2) is 0 Å². The lowest BCUT2D eigenvalue weighted by atomic mass is 9.97. The molecule has 1 aliphatic rings. The van der Waals surface area contributed by atoms with Crippen LogP contribution in [0.25, 0.3) is 71.8 Å². The third kappa shape index (κ3) is 3.07. The van der Waals surface area contributed by atoms with Gasteiger partial charge >= 0.3 is 0 Å².